The fraction of sp³-hybridized carbons (Fsp3) is 0.500. The molecule has 0 aromatic heterocycles. The van der Waals surface area contributed by atoms with Crippen LogP contribution in [0.3, 0.4) is 0 Å². The molecule has 1 aromatic rings. The molecule has 1 saturated carbocycles. The van der Waals surface area contributed by atoms with Crippen molar-refractivity contribution in [1.82, 2.24) is 5.32 Å². The molecule has 0 spiro atoms. The van der Waals surface area contributed by atoms with Crippen LogP contribution in [0.1, 0.15) is 31.2 Å². The Morgan fingerprint density at radius 3 is 2.89 bits per heavy atom. The quantitative estimate of drug-likeness (QED) is 0.883. The van der Waals surface area contributed by atoms with Crippen LogP contribution in [0.15, 0.2) is 18.2 Å². The second-order valence-electron chi connectivity index (χ2n) is 5.02. The van der Waals surface area contributed by atoms with E-state index in [2.05, 4.69) is 5.32 Å². The molecule has 1 aliphatic carbocycles. The minimum atomic E-state index is -0.775. The summed E-state index contributed by atoms with van der Waals surface area (Å²) in [5.41, 5.74) is 0.275. The third kappa shape index (κ3) is 3.73. The zero-order chi connectivity index (χ0) is 13.8. The Hall–Kier alpha value is -1.49. The molecule has 1 aromatic carbocycles. The fourth-order valence-electron chi connectivity index (χ4n) is 2.53. The van der Waals surface area contributed by atoms with Gasteiger partial charge in [0.1, 0.15) is 11.6 Å². The molecule has 3 nitrogen and oxygen atoms in total. The zero-order valence-electron chi connectivity index (χ0n) is 10.5. The summed E-state index contributed by atoms with van der Waals surface area (Å²) in [4.78, 5) is 10.9. The van der Waals surface area contributed by atoms with Crippen molar-refractivity contribution in [2.75, 3.05) is 0 Å². The number of carboxylic acid groups (broad SMARTS) is 1. The van der Waals surface area contributed by atoms with Crippen molar-refractivity contribution in [3.63, 3.8) is 0 Å². The van der Waals surface area contributed by atoms with Gasteiger partial charge in [-0.25, -0.2) is 8.78 Å². The van der Waals surface area contributed by atoms with Gasteiger partial charge in [0.25, 0.3) is 0 Å². The summed E-state index contributed by atoms with van der Waals surface area (Å²) in [5.74, 6) is -2.02. The number of rotatable bonds is 4. The van der Waals surface area contributed by atoms with Crippen LogP contribution in [0.4, 0.5) is 8.78 Å². The van der Waals surface area contributed by atoms with Crippen LogP contribution in [-0.4, -0.2) is 17.1 Å². The maximum atomic E-state index is 13.4. The molecule has 19 heavy (non-hydrogen) atoms. The number of hydrogen-bond donors (Lipinski definition) is 2. The summed E-state index contributed by atoms with van der Waals surface area (Å²) >= 11 is 0. The fourth-order valence-corrected chi connectivity index (χ4v) is 2.53. The van der Waals surface area contributed by atoms with Gasteiger partial charge >= 0.3 is 5.97 Å². The SMILES string of the molecule is O=C(O)C1CCCC(NCc2cc(F)ccc2F)C1. The van der Waals surface area contributed by atoms with Crippen molar-refractivity contribution in [1.29, 1.82) is 0 Å². The van der Waals surface area contributed by atoms with Crippen molar-refractivity contribution < 1.29 is 18.7 Å². The van der Waals surface area contributed by atoms with Gasteiger partial charge in [-0.3, -0.25) is 4.79 Å². The van der Waals surface area contributed by atoms with Gasteiger partial charge < -0.3 is 10.4 Å². The molecule has 104 valence electrons. The van der Waals surface area contributed by atoms with Crippen LogP contribution >= 0.6 is 0 Å². The largest absolute Gasteiger partial charge is 0.481 e. The lowest BCUT2D eigenvalue weighted by atomic mass is 9.86. The van der Waals surface area contributed by atoms with Gasteiger partial charge in [-0.1, -0.05) is 6.42 Å². The van der Waals surface area contributed by atoms with E-state index in [1.165, 1.54) is 6.07 Å². The Kier molecular flexibility index (Phi) is 4.47. The number of carboxylic acids is 1. The first kappa shape index (κ1) is 13.9. The van der Waals surface area contributed by atoms with Crippen molar-refractivity contribution >= 4 is 5.97 Å². The Balaban J connectivity index is 1.91. The van der Waals surface area contributed by atoms with Crippen molar-refractivity contribution in [2.24, 2.45) is 5.92 Å². The molecule has 2 rings (SSSR count). The maximum Gasteiger partial charge on any atom is 0.306 e. The van der Waals surface area contributed by atoms with Crippen LogP contribution in [-0.2, 0) is 11.3 Å². The highest BCUT2D eigenvalue weighted by atomic mass is 19.1. The van der Waals surface area contributed by atoms with E-state index in [-0.39, 0.29) is 24.1 Å². The average molecular weight is 269 g/mol. The van der Waals surface area contributed by atoms with Gasteiger partial charge in [-0.05, 0) is 37.5 Å². The zero-order valence-corrected chi connectivity index (χ0v) is 10.5. The Bertz CT molecular complexity index is 465. The predicted octanol–water partition coefficient (Wildman–Crippen LogP) is 2.70. The summed E-state index contributed by atoms with van der Waals surface area (Å²) in [7, 11) is 0. The lowest BCUT2D eigenvalue weighted by Gasteiger charge is -2.27. The third-order valence-corrected chi connectivity index (χ3v) is 3.61. The summed E-state index contributed by atoms with van der Waals surface area (Å²) < 4.78 is 26.4. The molecule has 1 fully saturated rings. The molecule has 0 amide bonds. The van der Waals surface area contributed by atoms with Crippen molar-refractivity contribution in [3.8, 4) is 0 Å². The van der Waals surface area contributed by atoms with Gasteiger partial charge in [-0.15, -0.1) is 0 Å². The minimum Gasteiger partial charge on any atom is -0.481 e. The molecule has 0 radical (unpaired) electrons. The smallest absolute Gasteiger partial charge is 0.306 e. The first-order chi connectivity index (χ1) is 9.06. The highest BCUT2D eigenvalue weighted by Crippen LogP contribution is 2.24. The molecule has 0 saturated heterocycles. The predicted molar refractivity (Wildman–Crippen MR) is 66.6 cm³/mol. The normalized spacial score (nSPS) is 23.3. The van der Waals surface area contributed by atoms with Gasteiger partial charge in [0.15, 0.2) is 0 Å². The Labute approximate surface area is 110 Å². The molecule has 2 atom stereocenters. The molecule has 0 bridgehead atoms. The molecular weight excluding hydrogens is 252 g/mol. The summed E-state index contributed by atoms with van der Waals surface area (Å²) in [5, 5.41) is 12.1. The lowest BCUT2D eigenvalue weighted by molar-refractivity contribution is -0.143. The molecule has 2 unspecified atom stereocenters. The number of nitrogens with one attached hydrogen (secondary N) is 1. The molecule has 0 heterocycles. The van der Waals surface area contributed by atoms with E-state index in [1.54, 1.807) is 0 Å². The first-order valence-electron chi connectivity index (χ1n) is 6.46. The minimum absolute atomic E-state index is 0.0533. The Morgan fingerprint density at radius 2 is 2.16 bits per heavy atom. The van der Waals surface area contributed by atoms with Crippen LogP contribution < -0.4 is 5.32 Å². The van der Waals surface area contributed by atoms with Gasteiger partial charge in [0.05, 0.1) is 5.92 Å². The summed E-state index contributed by atoms with van der Waals surface area (Å²) in [6.07, 6.45) is 2.97. The number of carbonyl (C=O) groups is 1. The van der Waals surface area contributed by atoms with E-state index >= 15 is 0 Å². The summed E-state index contributed by atoms with van der Waals surface area (Å²) in [6.45, 7) is 0.223. The van der Waals surface area contributed by atoms with E-state index in [9.17, 15) is 13.6 Å². The van der Waals surface area contributed by atoms with Gasteiger partial charge in [-0.2, -0.15) is 0 Å². The average Bonchev–Trinajstić information content (AvgIpc) is 2.40. The Morgan fingerprint density at radius 1 is 1.37 bits per heavy atom. The maximum absolute atomic E-state index is 13.4. The summed E-state index contributed by atoms with van der Waals surface area (Å²) in [6, 6.07) is 3.41. The molecular formula is C14H17F2NO2. The van der Waals surface area contributed by atoms with Crippen LogP contribution in [0.2, 0.25) is 0 Å². The third-order valence-electron chi connectivity index (χ3n) is 3.61. The molecule has 1 aliphatic rings. The van der Waals surface area contributed by atoms with E-state index < -0.39 is 17.6 Å². The number of halogens is 2. The topological polar surface area (TPSA) is 49.3 Å². The molecule has 2 N–H and O–H groups in total. The highest BCUT2D eigenvalue weighted by molar-refractivity contribution is 5.70. The van der Waals surface area contributed by atoms with E-state index in [4.69, 9.17) is 5.11 Å². The van der Waals surface area contributed by atoms with Gasteiger partial charge in [0.2, 0.25) is 0 Å². The molecule has 5 heteroatoms. The standard InChI is InChI=1S/C14H17F2NO2/c15-11-4-5-13(16)10(6-11)8-17-12-3-1-2-9(7-12)14(18)19/h4-6,9,12,17H,1-3,7-8H2,(H,18,19). The van der Waals surface area contributed by atoms with Crippen molar-refractivity contribution in [3.05, 3.63) is 35.4 Å². The monoisotopic (exact) mass is 269 g/mol. The van der Waals surface area contributed by atoms with E-state index in [0.29, 0.717) is 12.8 Å². The van der Waals surface area contributed by atoms with Crippen LogP contribution in [0.5, 0.6) is 0 Å². The number of benzene rings is 1. The van der Waals surface area contributed by atoms with E-state index in [1.807, 2.05) is 0 Å². The number of hydrogen-bond acceptors (Lipinski definition) is 2. The van der Waals surface area contributed by atoms with Crippen LogP contribution in [0.25, 0.3) is 0 Å². The highest BCUT2D eigenvalue weighted by Gasteiger charge is 2.26. The van der Waals surface area contributed by atoms with E-state index in [0.717, 1.165) is 25.0 Å². The van der Waals surface area contributed by atoms with Gasteiger partial charge in [0, 0.05) is 18.2 Å². The number of aliphatic carboxylic acids is 1. The lowest BCUT2D eigenvalue weighted by Crippen LogP contribution is -2.36. The first-order valence-corrected chi connectivity index (χ1v) is 6.46. The van der Waals surface area contributed by atoms with Crippen molar-refractivity contribution in [2.45, 2.75) is 38.3 Å². The molecule has 0 aliphatic heterocycles. The van der Waals surface area contributed by atoms with Crippen LogP contribution in [0, 0.1) is 17.6 Å². The second-order valence-corrected chi connectivity index (χ2v) is 5.02. The second kappa shape index (κ2) is 6.10.